The van der Waals surface area contributed by atoms with E-state index >= 15 is 0 Å². The molecule has 0 spiro atoms. The predicted octanol–water partition coefficient (Wildman–Crippen LogP) is 2.28. The second-order valence-corrected chi connectivity index (χ2v) is 5.18. The van der Waals surface area contributed by atoms with Crippen molar-refractivity contribution in [2.24, 2.45) is 17.8 Å². The minimum absolute atomic E-state index is 0.0110. The third-order valence-corrected chi connectivity index (χ3v) is 3.72. The van der Waals surface area contributed by atoms with Gasteiger partial charge in [-0.3, -0.25) is 4.79 Å². The smallest absolute Gasteiger partial charge is 0.309 e. The number of aliphatic hydroxyl groups is 1. The first-order valence-electron chi connectivity index (χ1n) is 5.86. The van der Waals surface area contributed by atoms with E-state index in [-0.39, 0.29) is 5.92 Å². The molecule has 1 saturated carbocycles. The molecule has 0 saturated heterocycles. The molecule has 3 nitrogen and oxygen atoms in total. The third-order valence-electron chi connectivity index (χ3n) is 3.72. The Bertz CT molecular complexity index is 237. The summed E-state index contributed by atoms with van der Waals surface area (Å²) >= 11 is 0. The second-order valence-electron chi connectivity index (χ2n) is 5.18. The van der Waals surface area contributed by atoms with Crippen molar-refractivity contribution in [1.29, 1.82) is 0 Å². The minimum Gasteiger partial charge on any atom is -0.481 e. The molecule has 1 aliphatic carbocycles. The summed E-state index contributed by atoms with van der Waals surface area (Å²) in [5.41, 5.74) is -0.972. The summed E-state index contributed by atoms with van der Waals surface area (Å²) in [6.07, 6.45) is 3.29. The van der Waals surface area contributed by atoms with Gasteiger partial charge >= 0.3 is 5.97 Å². The number of aliphatic carboxylic acids is 1. The van der Waals surface area contributed by atoms with E-state index in [0.29, 0.717) is 18.8 Å². The Balaban J connectivity index is 2.79. The van der Waals surface area contributed by atoms with Gasteiger partial charge in [-0.25, -0.2) is 0 Å². The Hall–Kier alpha value is -0.570. The molecule has 0 radical (unpaired) electrons. The zero-order valence-corrected chi connectivity index (χ0v) is 9.86. The molecule has 0 aliphatic heterocycles. The van der Waals surface area contributed by atoms with Gasteiger partial charge in [-0.15, -0.1) is 0 Å². The summed E-state index contributed by atoms with van der Waals surface area (Å²) in [6, 6.07) is 0. The molecule has 15 heavy (non-hydrogen) atoms. The Labute approximate surface area is 91.5 Å². The molecule has 1 rings (SSSR count). The van der Waals surface area contributed by atoms with E-state index in [1.807, 2.05) is 13.8 Å². The number of carbonyl (C=O) groups is 1. The van der Waals surface area contributed by atoms with Gasteiger partial charge in [0.15, 0.2) is 0 Å². The fourth-order valence-corrected chi connectivity index (χ4v) is 2.92. The van der Waals surface area contributed by atoms with Gasteiger partial charge in [-0.2, -0.15) is 0 Å². The quantitative estimate of drug-likeness (QED) is 0.755. The first kappa shape index (κ1) is 12.5. The Morgan fingerprint density at radius 1 is 1.53 bits per heavy atom. The monoisotopic (exact) mass is 214 g/mol. The van der Waals surface area contributed by atoms with Crippen LogP contribution in [0.2, 0.25) is 0 Å². The van der Waals surface area contributed by atoms with Gasteiger partial charge in [0.25, 0.3) is 0 Å². The van der Waals surface area contributed by atoms with E-state index in [1.54, 1.807) is 0 Å². The predicted molar refractivity (Wildman–Crippen MR) is 58.5 cm³/mol. The molecule has 0 heterocycles. The summed E-state index contributed by atoms with van der Waals surface area (Å²) in [5.74, 6) is -0.989. The van der Waals surface area contributed by atoms with Crippen LogP contribution in [-0.2, 0) is 4.79 Å². The van der Waals surface area contributed by atoms with Gasteiger partial charge in [0, 0.05) is 0 Å². The summed E-state index contributed by atoms with van der Waals surface area (Å²) in [4.78, 5) is 11.2. The average Bonchev–Trinajstić information content (AvgIpc) is 2.46. The molecular formula is C12H22O3. The normalized spacial score (nSPS) is 33.3. The van der Waals surface area contributed by atoms with Crippen molar-refractivity contribution in [2.45, 2.75) is 52.1 Å². The van der Waals surface area contributed by atoms with Gasteiger partial charge in [-0.05, 0) is 31.1 Å². The lowest BCUT2D eigenvalue weighted by Gasteiger charge is -2.32. The lowest BCUT2D eigenvalue weighted by molar-refractivity contribution is -0.155. The number of carboxylic acids is 1. The maximum absolute atomic E-state index is 11.2. The Morgan fingerprint density at radius 3 is 2.47 bits per heavy atom. The minimum atomic E-state index is -0.972. The first-order valence-corrected chi connectivity index (χ1v) is 5.86. The van der Waals surface area contributed by atoms with Crippen LogP contribution < -0.4 is 0 Å². The molecule has 1 aliphatic rings. The molecule has 0 bridgehead atoms. The SMILES string of the molecule is CCC1CCC(O)(C(C(=O)O)C(C)C)C1. The average molecular weight is 214 g/mol. The van der Waals surface area contributed by atoms with Gasteiger partial charge in [0.2, 0.25) is 0 Å². The van der Waals surface area contributed by atoms with Crippen molar-refractivity contribution in [3.8, 4) is 0 Å². The van der Waals surface area contributed by atoms with Gasteiger partial charge in [0.1, 0.15) is 0 Å². The van der Waals surface area contributed by atoms with Crippen LogP contribution >= 0.6 is 0 Å². The van der Waals surface area contributed by atoms with Crippen LogP contribution in [0.3, 0.4) is 0 Å². The van der Waals surface area contributed by atoms with Gasteiger partial charge < -0.3 is 10.2 Å². The van der Waals surface area contributed by atoms with Crippen LogP contribution in [0, 0.1) is 17.8 Å². The van der Waals surface area contributed by atoms with Gasteiger partial charge in [-0.1, -0.05) is 27.2 Å². The number of hydrogen-bond acceptors (Lipinski definition) is 2. The fourth-order valence-electron chi connectivity index (χ4n) is 2.92. The molecule has 3 unspecified atom stereocenters. The summed E-state index contributed by atoms with van der Waals surface area (Å²) in [7, 11) is 0. The number of carboxylic acid groups (broad SMARTS) is 1. The molecule has 3 heteroatoms. The lowest BCUT2D eigenvalue weighted by Crippen LogP contribution is -2.43. The third kappa shape index (κ3) is 2.51. The van der Waals surface area contributed by atoms with Crippen molar-refractivity contribution in [3.05, 3.63) is 0 Å². The standard InChI is InChI=1S/C12H22O3/c1-4-9-5-6-12(15,7-9)10(8(2)3)11(13)14/h8-10,15H,4-7H2,1-3H3,(H,13,14). The molecule has 0 aromatic rings. The number of hydrogen-bond donors (Lipinski definition) is 2. The molecule has 0 aromatic heterocycles. The molecule has 3 atom stereocenters. The molecule has 0 amide bonds. The number of rotatable bonds is 4. The van der Waals surface area contributed by atoms with Crippen molar-refractivity contribution in [1.82, 2.24) is 0 Å². The highest BCUT2D eigenvalue weighted by atomic mass is 16.4. The highest BCUT2D eigenvalue weighted by Gasteiger charge is 2.47. The Morgan fingerprint density at radius 2 is 2.13 bits per heavy atom. The maximum Gasteiger partial charge on any atom is 0.309 e. The molecule has 2 N–H and O–H groups in total. The van der Waals surface area contributed by atoms with Crippen LogP contribution in [-0.4, -0.2) is 21.8 Å². The van der Waals surface area contributed by atoms with Crippen molar-refractivity contribution in [3.63, 3.8) is 0 Å². The molecular weight excluding hydrogens is 192 g/mol. The summed E-state index contributed by atoms with van der Waals surface area (Å²) in [6.45, 7) is 5.84. The first-order chi connectivity index (χ1) is 6.90. The van der Waals surface area contributed by atoms with Crippen LogP contribution in [0.4, 0.5) is 0 Å². The van der Waals surface area contributed by atoms with Crippen molar-refractivity contribution >= 4 is 5.97 Å². The van der Waals surface area contributed by atoms with Crippen LogP contribution in [0.5, 0.6) is 0 Å². The highest BCUT2D eigenvalue weighted by Crippen LogP contribution is 2.43. The van der Waals surface area contributed by atoms with E-state index in [0.717, 1.165) is 12.8 Å². The second kappa shape index (κ2) is 4.52. The zero-order chi connectivity index (χ0) is 11.6. The summed E-state index contributed by atoms with van der Waals surface area (Å²) < 4.78 is 0. The van der Waals surface area contributed by atoms with Crippen LogP contribution in [0.1, 0.15) is 46.5 Å². The van der Waals surface area contributed by atoms with E-state index in [9.17, 15) is 9.90 Å². The van der Waals surface area contributed by atoms with E-state index < -0.39 is 17.5 Å². The largest absolute Gasteiger partial charge is 0.481 e. The Kier molecular flexibility index (Phi) is 3.77. The fraction of sp³-hybridized carbons (Fsp3) is 0.917. The van der Waals surface area contributed by atoms with Gasteiger partial charge in [0.05, 0.1) is 11.5 Å². The van der Waals surface area contributed by atoms with Crippen LogP contribution in [0.25, 0.3) is 0 Å². The summed E-state index contributed by atoms with van der Waals surface area (Å²) in [5, 5.41) is 19.6. The van der Waals surface area contributed by atoms with E-state index in [4.69, 9.17) is 5.11 Å². The van der Waals surface area contributed by atoms with E-state index in [2.05, 4.69) is 6.92 Å². The van der Waals surface area contributed by atoms with Crippen molar-refractivity contribution in [2.75, 3.05) is 0 Å². The zero-order valence-electron chi connectivity index (χ0n) is 9.86. The van der Waals surface area contributed by atoms with Crippen LogP contribution in [0.15, 0.2) is 0 Å². The van der Waals surface area contributed by atoms with E-state index in [1.165, 1.54) is 0 Å². The highest BCUT2D eigenvalue weighted by molar-refractivity contribution is 5.72. The topological polar surface area (TPSA) is 57.5 Å². The molecule has 88 valence electrons. The molecule has 1 fully saturated rings. The van der Waals surface area contributed by atoms with Crippen molar-refractivity contribution < 1.29 is 15.0 Å². The lowest BCUT2D eigenvalue weighted by atomic mass is 9.78. The maximum atomic E-state index is 11.2. The molecule has 0 aromatic carbocycles.